The Labute approximate surface area is 105 Å². The molecule has 3 rings (SSSR count). The highest BCUT2D eigenvalue weighted by Gasteiger charge is 2.35. The van der Waals surface area contributed by atoms with Crippen molar-refractivity contribution in [3.8, 4) is 0 Å². The van der Waals surface area contributed by atoms with Gasteiger partial charge in [-0.3, -0.25) is 4.79 Å². The summed E-state index contributed by atoms with van der Waals surface area (Å²) in [5.41, 5.74) is 2.32. The van der Waals surface area contributed by atoms with Crippen LogP contribution < -0.4 is 0 Å². The quantitative estimate of drug-likeness (QED) is 0.820. The Morgan fingerprint density at radius 2 is 2.41 bits per heavy atom. The van der Waals surface area contributed by atoms with Crippen LogP contribution in [-0.4, -0.2) is 41.6 Å². The molecule has 17 heavy (non-hydrogen) atoms. The van der Waals surface area contributed by atoms with Gasteiger partial charge >= 0.3 is 0 Å². The summed E-state index contributed by atoms with van der Waals surface area (Å²) in [5.74, 6) is 0.610. The first-order valence-electron chi connectivity index (χ1n) is 6.11. The number of aromatic nitrogens is 1. The Morgan fingerprint density at radius 1 is 1.53 bits per heavy atom. The van der Waals surface area contributed by atoms with Crippen molar-refractivity contribution in [1.82, 2.24) is 9.88 Å². The van der Waals surface area contributed by atoms with Gasteiger partial charge in [0.2, 0.25) is 0 Å². The number of thiazole rings is 1. The molecule has 92 valence electrons. The van der Waals surface area contributed by atoms with E-state index >= 15 is 0 Å². The summed E-state index contributed by atoms with van der Waals surface area (Å²) in [6.07, 6.45) is 3.36. The molecular weight excluding hydrogens is 236 g/mol. The molecule has 1 amide bonds. The molecule has 1 saturated heterocycles. The molecule has 0 N–H and O–H groups in total. The summed E-state index contributed by atoms with van der Waals surface area (Å²) >= 11 is 1.48. The fourth-order valence-corrected chi connectivity index (χ4v) is 2.78. The molecule has 2 heterocycles. The Bertz CT molecular complexity index is 383. The van der Waals surface area contributed by atoms with Crippen LogP contribution in [0, 0.1) is 5.92 Å². The van der Waals surface area contributed by atoms with Crippen LogP contribution >= 0.6 is 11.3 Å². The molecule has 0 radical (unpaired) electrons. The lowest BCUT2D eigenvalue weighted by Gasteiger charge is -2.24. The number of ether oxygens (including phenoxy) is 1. The zero-order valence-electron chi connectivity index (χ0n) is 9.67. The molecule has 2 aliphatic rings. The highest BCUT2D eigenvalue weighted by molar-refractivity contribution is 7.07. The van der Waals surface area contributed by atoms with Gasteiger partial charge in [-0.2, -0.15) is 0 Å². The minimum Gasteiger partial charge on any atom is -0.381 e. The van der Waals surface area contributed by atoms with Crippen molar-refractivity contribution in [2.75, 3.05) is 19.8 Å². The van der Waals surface area contributed by atoms with Crippen molar-refractivity contribution in [3.63, 3.8) is 0 Å². The average Bonchev–Trinajstić information content (AvgIpc) is 2.86. The average molecular weight is 252 g/mol. The number of hydrogen-bond acceptors (Lipinski definition) is 4. The summed E-state index contributed by atoms with van der Waals surface area (Å²) in [6.45, 7) is 2.47. The maximum atomic E-state index is 12.3. The SMILES string of the molecule is O=C(c1cscn1)N(CC1CCOC1)C1CC1. The number of carbonyl (C=O) groups excluding carboxylic acids is 1. The van der Waals surface area contributed by atoms with Gasteiger partial charge < -0.3 is 9.64 Å². The van der Waals surface area contributed by atoms with Crippen molar-refractivity contribution in [2.24, 2.45) is 5.92 Å². The van der Waals surface area contributed by atoms with Crippen LogP contribution in [0.5, 0.6) is 0 Å². The van der Waals surface area contributed by atoms with Gasteiger partial charge in [-0.1, -0.05) is 0 Å². The third-order valence-electron chi connectivity index (χ3n) is 3.38. The molecule has 1 unspecified atom stereocenters. The van der Waals surface area contributed by atoms with Crippen molar-refractivity contribution < 1.29 is 9.53 Å². The van der Waals surface area contributed by atoms with Crippen molar-refractivity contribution in [1.29, 1.82) is 0 Å². The Balaban J connectivity index is 1.69. The van der Waals surface area contributed by atoms with Gasteiger partial charge in [0.15, 0.2) is 0 Å². The number of amides is 1. The van der Waals surface area contributed by atoms with Gasteiger partial charge in [-0.25, -0.2) is 4.98 Å². The van der Waals surface area contributed by atoms with Gasteiger partial charge in [0.05, 0.1) is 12.1 Å². The van der Waals surface area contributed by atoms with E-state index < -0.39 is 0 Å². The standard InChI is InChI=1S/C12H16N2O2S/c15-12(11-7-17-8-13-11)14(10-1-2-10)5-9-3-4-16-6-9/h7-10H,1-6H2. The van der Waals surface area contributed by atoms with E-state index in [4.69, 9.17) is 4.74 Å². The number of carbonyl (C=O) groups is 1. The minimum absolute atomic E-state index is 0.0978. The molecule has 1 aromatic heterocycles. The third kappa shape index (κ3) is 2.50. The van der Waals surface area contributed by atoms with Gasteiger partial charge in [-0.15, -0.1) is 11.3 Å². The van der Waals surface area contributed by atoms with E-state index in [9.17, 15) is 4.79 Å². The Morgan fingerprint density at radius 3 is 3.00 bits per heavy atom. The van der Waals surface area contributed by atoms with Crippen molar-refractivity contribution in [3.05, 3.63) is 16.6 Å². The second kappa shape index (κ2) is 4.74. The molecule has 1 aromatic rings. The molecule has 1 aliphatic carbocycles. The molecule has 4 nitrogen and oxygen atoms in total. The Kier molecular flexibility index (Phi) is 3.11. The van der Waals surface area contributed by atoms with Crippen LogP contribution in [0.15, 0.2) is 10.9 Å². The van der Waals surface area contributed by atoms with Crippen molar-refractivity contribution >= 4 is 17.2 Å². The summed E-state index contributed by atoms with van der Waals surface area (Å²) in [6, 6.07) is 0.449. The normalized spacial score (nSPS) is 23.9. The fourth-order valence-electron chi connectivity index (χ4n) is 2.25. The lowest BCUT2D eigenvalue weighted by Crippen LogP contribution is -2.37. The second-order valence-corrected chi connectivity index (χ2v) is 5.51. The van der Waals surface area contributed by atoms with E-state index in [1.54, 1.807) is 5.51 Å². The van der Waals surface area contributed by atoms with E-state index in [2.05, 4.69) is 4.98 Å². The van der Waals surface area contributed by atoms with Gasteiger partial charge in [0.1, 0.15) is 5.69 Å². The molecule has 0 bridgehead atoms. The molecule has 0 spiro atoms. The predicted molar refractivity (Wildman–Crippen MR) is 65.1 cm³/mol. The predicted octanol–water partition coefficient (Wildman–Crippen LogP) is 1.78. The first-order chi connectivity index (χ1) is 8.34. The van der Waals surface area contributed by atoms with Crippen LogP contribution in [0.2, 0.25) is 0 Å². The maximum absolute atomic E-state index is 12.3. The molecule has 2 fully saturated rings. The van der Waals surface area contributed by atoms with E-state index in [-0.39, 0.29) is 5.91 Å². The minimum atomic E-state index is 0.0978. The highest BCUT2D eigenvalue weighted by atomic mass is 32.1. The molecule has 1 aliphatic heterocycles. The molecule has 5 heteroatoms. The number of rotatable bonds is 4. The number of hydrogen-bond donors (Lipinski definition) is 0. The first-order valence-corrected chi connectivity index (χ1v) is 7.06. The number of nitrogens with zero attached hydrogens (tertiary/aromatic N) is 2. The van der Waals surface area contributed by atoms with E-state index in [1.165, 1.54) is 11.3 Å². The Hall–Kier alpha value is -0.940. The molecule has 0 aromatic carbocycles. The lowest BCUT2D eigenvalue weighted by molar-refractivity contribution is 0.0701. The van der Waals surface area contributed by atoms with E-state index in [0.29, 0.717) is 17.7 Å². The maximum Gasteiger partial charge on any atom is 0.273 e. The second-order valence-electron chi connectivity index (χ2n) is 4.79. The topological polar surface area (TPSA) is 42.4 Å². The molecular formula is C12H16N2O2S. The summed E-state index contributed by atoms with van der Waals surface area (Å²) in [4.78, 5) is 18.4. The summed E-state index contributed by atoms with van der Waals surface area (Å²) in [5, 5.41) is 1.84. The van der Waals surface area contributed by atoms with Crippen LogP contribution in [0.4, 0.5) is 0 Å². The van der Waals surface area contributed by atoms with Crippen molar-refractivity contribution in [2.45, 2.75) is 25.3 Å². The largest absolute Gasteiger partial charge is 0.381 e. The third-order valence-corrected chi connectivity index (χ3v) is 3.97. The van der Waals surface area contributed by atoms with Crippen LogP contribution in [0.1, 0.15) is 29.8 Å². The van der Waals surface area contributed by atoms with Gasteiger partial charge in [0, 0.05) is 30.5 Å². The first kappa shape index (κ1) is 11.2. The van der Waals surface area contributed by atoms with Crippen LogP contribution in [0.3, 0.4) is 0 Å². The summed E-state index contributed by atoms with van der Waals surface area (Å²) < 4.78 is 5.38. The molecule has 1 atom stereocenters. The smallest absolute Gasteiger partial charge is 0.273 e. The summed E-state index contributed by atoms with van der Waals surface area (Å²) in [7, 11) is 0. The molecule has 1 saturated carbocycles. The monoisotopic (exact) mass is 252 g/mol. The zero-order valence-corrected chi connectivity index (χ0v) is 10.5. The van der Waals surface area contributed by atoms with Crippen LogP contribution in [0.25, 0.3) is 0 Å². The highest BCUT2D eigenvalue weighted by Crippen LogP contribution is 2.30. The van der Waals surface area contributed by atoms with Gasteiger partial charge in [-0.05, 0) is 19.3 Å². The van der Waals surface area contributed by atoms with E-state index in [0.717, 1.165) is 39.0 Å². The van der Waals surface area contributed by atoms with E-state index in [1.807, 2.05) is 10.3 Å². The zero-order chi connectivity index (χ0) is 11.7. The fraction of sp³-hybridized carbons (Fsp3) is 0.667. The van der Waals surface area contributed by atoms with Gasteiger partial charge in [0.25, 0.3) is 5.91 Å². The lowest BCUT2D eigenvalue weighted by atomic mass is 10.1. The van der Waals surface area contributed by atoms with Crippen LogP contribution in [-0.2, 0) is 4.74 Å².